The Bertz CT molecular complexity index is 1360. The van der Waals surface area contributed by atoms with E-state index in [0.717, 1.165) is 22.0 Å². The molecule has 0 saturated carbocycles. The molecule has 43 heavy (non-hydrogen) atoms. The number of benzene rings is 1. The zero-order valence-electron chi connectivity index (χ0n) is 26.1. The first-order valence-electron chi connectivity index (χ1n) is 15.0. The van der Waals surface area contributed by atoms with Gasteiger partial charge in [0.05, 0.1) is 11.6 Å². The van der Waals surface area contributed by atoms with E-state index >= 15 is 0 Å². The van der Waals surface area contributed by atoms with Gasteiger partial charge in [-0.25, -0.2) is 5.43 Å². The molecular formula is C33H45N5O5. The predicted molar refractivity (Wildman–Crippen MR) is 167 cm³/mol. The lowest BCUT2D eigenvalue weighted by Gasteiger charge is -2.35. The summed E-state index contributed by atoms with van der Waals surface area (Å²) in [6.07, 6.45) is 8.28. The number of nitrogens with one attached hydrogen (secondary N) is 3. The second kappa shape index (κ2) is 15.4. The zero-order valence-corrected chi connectivity index (χ0v) is 26.1. The zero-order chi connectivity index (χ0) is 31.7. The summed E-state index contributed by atoms with van der Waals surface area (Å²) in [6.45, 7) is 15.0. The van der Waals surface area contributed by atoms with Crippen LogP contribution in [0.5, 0.6) is 0 Å². The third-order valence-corrected chi connectivity index (χ3v) is 7.65. The first-order valence-corrected chi connectivity index (χ1v) is 15.0. The topological polar surface area (TPSA) is 130 Å². The number of ether oxygens (including phenoxy) is 1. The Hall–Kier alpha value is -4.05. The van der Waals surface area contributed by atoms with Crippen molar-refractivity contribution in [3.05, 3.63) is 60.5 Å². The number of esters is 1. The molecule has 1 aromatic heterocycles. The summed E-state index contributed by atoms with van der Waals surface area (Å²) >= 11 is 0. The van der Waals surface area contributed by atoms with Crippen molar-refractivity contribution in [1.29, 1.82) is 0 Å². The number of fused-ring (bicyclic) bond motifs is 1. The van der Waals surface area contributed by atoms with Gasteiger partial charge in [-0.05, 0) is 75.1 Å². The SMILES string of the molecule is C=Cc1cc2cc(C(C)OC(=O)C3CCCN(C(=O)C(C)NC(=O)C(NC(=O)C(C=CC)CC)C(C)C)N3)ccc2cn1. The molecule has 5 atom stereocenters. The van der Waals surface area contributed by atoms with Gasteiger partial charge in [-0.15, -0.1) is 0 Å². The summed E-state index contributed by atoms with van der Waals surface area (Å²) in [4.78, 5) is 56.5. The number of hydrogen-bond donors (Lipinski definition) is 3. The molecule has 2 heterocycles. The van der Waals surface area contributed by atoms with Gasteiger partial charge >= 0.3 is 5.97 Å². The minimum atomic E-state index is -0.878. The number of pyridine rings is 1. The Morgan fingerprint density at radius 3 is 2.51 bits per heavy atom. The van der Waals surface area contributed by atoms with Crippen LogP contribution in [0.3, 0.4) is 0 Å². The van der Waals surface area contributed by atoms with Crippen LogP contribution in [-0.4, -0.2) is 58.4 Å². The Balaban J connectivity index is 1.59. The fourth-order valence-electron chi connectivity index (χ4n) is 5.02. The molecule has 3 N–H and O–H groups in total. The molecule has 10 heteroatoms. The summed E-state index contributed by atoms with van der Waals surface area (Å²) in [5, 5.41) is 8.88. The van der Waals surface area contributed by atoms with Crippen molar-refractivity contribution in [1.82, 2.24) is 26.1 Å². The van der Waals surface area contributed by atoms with E-state index < -0.39 is 36.1 Å². The van der Waals surface area contributed by atoms with Crippen molar-refractivity contribution in [2.45, 2.75) is 85.0 Å². The van der Waals surface area contributed by atoms with Crippen LogP contribution in [0.4, 0.5) is 0 Å². The molecule has 3 rings (SSSR count). The van der Waals surface area contributed by atoms with E-state index in [1.165, 1.54) is 5.01 Å². The molecule has 1 saturated heterocycles. The molecule has 10 nitrogen and oxygen atoms in total. The number of allylic oxidation sites excluding steroid dienone is 1. The molecule has 0 spiro atoms. The van der Waals surface area contributed by atoms with Crippen molar-refractivity contribution in [2.75, 3.05) is 6.54 Å². The Morgan fingerprint density at radius 1 is 1.12 bits per heavy atom. The maximum absolute atomic E-state index is 13.3. The van der Waals surface area contributed by atoms with E-state index in [1.54, 1.807) is 25.3 Å². The summed E-state index contributed by atoms with van der Waals surface area (Å²) in [6, 6.07) is 5.35. The number of aromatic nitrogens is 1. The maximum Gasteiger partial charge on any atom is 0.325 e. The molecule has 0 aliphatic carbocycles. The number of nitrogens with zero attached hydrogens (tertiary/aromatic N) is 2. The van der Waals surface area contributed by atoms with E-state index in [4.69, 9.17) is 4.74 Å². The number of rotatable bonds is 12. The highest BCUT2D eigenvalue weighted by Crippen LogP contribution is 2.24. The van der Waals surface area contributed by atoms with Crippen LogP contribution in [-0.2, 0) is 23.9 Å². The van der Waals surface area contributed by atoms with Crippen molar-refractivity contribution < 1.29 is 23.9 Å². The highest BCUT2D eigenvalue weighted by atomic mass is 16.5. The lowest BCUT2D eigenvalue weighted by atomic mass is 9.99. The van der Waals surface area contributed by atoms with Gasteiger partial charge in [-0.3, -0.25) is 29.2 Å². The fourth-order valence-corrected chi connectivity index (χ4v) is 5.02. The molecule has 1 aromatic carbocycles. The van der Waals surface area contributed by atoms with Crippen LogP contribution in [0.25, 0.3) is 16.8 Å². The largest absolute Gasteiger partial charge is 0.457 e. The first kappa shape index (κ1) is 33.5. The van der Waals surface area contributed by atoms with Crippen LogP contribution in [0, 0.1) is 11.8 Å². The van der Waals surface area contributed by atoms with Gasteiger partial charge < -0.3 is 15.4 Å². The van der Waals surface area contributed by atoms with Crippen LogP contribution >= 0.6 is 0 Å². The third kappa shape index (κ3) is 8.73. The average Bonchev–Trinajstić information content (AvgIpc) is 3.00. The van der Waals surface area contributed by atoms with Gasteiger partial charge in [0.1, 0.15) is 24.2 Å². The van der Waals surface area contributed by atoms with Crippen molar-refractivity contribution in [2.24, 2.45) is 11.8 Å². The number of hydrogen-bond acceptors (Lipinski definition) is 7. The lowest BCUT2D eigenvalue weighted by molar-refractivity contribution is -0.157. The Kier molecular flexibility index (Phi) is 12.0. The summed E-state index contributed by atoms with van der Waals surface area (Å²) in [5.74, 6) is -2.03. The number of carbonyl (C=O) groups is 4. The number of carbonyl (C=O) groups excluding carboxylic acids is 4. The lowest BCUT2D eigenvalue weighted by Crippen LogP contribution is -2.61. The summed E-state index contributed by atoms with van der Waals surface area (Å²) < 4.78 is 5.79. The van der Waals surface area contributed by atoms with E-state index in [-0.39, 0.29) is 23.7 Å². The minimum Gasteiger partial charge on any atom is -0.457 e. The van der Waals surface area contributed by atoms with Gasteiger partial charge in [0.25, 0.3) is 5.91 Å². The molecule has 1 fully saturated rings. The third-order valence-electron chi connectivity index (χ3n) is 7.65. The van der Waals surface area contributed by atoms with Crippen LogP contribution < -0.4 is 16.1 Å². The number of hydrazine groups is 1. The van der Waals surface area contributed by atoms with Gasteiger partial charge in [-0.1, -0.05) is 51.6 Å². The van der Waals surface area contributed by atoms with Gasteiger partial charge in [-0.2, -0.15) is 0 Å². The molecule has 1 aliphatic heterocycles. The molecule has 3 amide bonds. The molecule has 0 radical (unpaired) electrons. The first-order chi connectivity index (χ1) is 20.5. The monoisotopic (exact) mass is 591 g/mol. The van der Waals surface area contributed by atoms with E-state index in [9.17, 15) is 19.2 Å². The Morgan fingerprint density at radius 2 is 1.86 bits per heavy atom. The fraction of sp³-hybridized carbons (Fsp3) is 0.485. The molecule has 232 valence electrons. The Labute approximate surface area is 254 Å². The molecule has 5 unspecified atom stereocenters. The van der Waals surface area contributed by atoms with Crippen LogP contribution in [0.2, 0.25) is 0 Å². The van der Waals surface area contributed by atoms with Crippen molar-refractivity contribution in [3.8, 4) is 0 Å². The highest BCUT2D eigenvalue weighted by Gasteiger charge is 2.34. The second-order valence-corrected chi connectivity index (χ2v) is 11.3. The molecular weight excluding hydrogens is 546 g/mol. The molecule has 2 aromatic rings. The van der Waals surface area contributed by atoms with Gasteiger partial charge in [0, 0.05) is 18.1 Å². The summed E-state index contributed by atoms with van der Waals surface area (Å²) in [7, 11) is 0. The van der Waals surface area contributed by atoms with Crippen molar-refractivity contribution >= 4 is 40.5 Å². The van der Waals surface area contributed by atoms with Crippen LogP contribution in [0.1, 0.15) is 78.2 Å². The quantitative estimate of drug-likeness (QED) is 0.249. The molecule has 1 aliphatic rings. The van der Waals surface area contributed by atoms with E-state index in [0.29, 0.717) is 25.8 Å². The summed E-state index contributed by atoms with van der Waals surface area (Å²) in [5.41, 5.74) is 4.59. The predicted octanol–water partition coefficient (Wildman–Crippen LogP) is 4.23. The van der Waals surface area contributed by atoms with Crippen molar-refractivity contribution in [3.63, 3.8) is 0 Å². The van der Waals surface area contributed by atoms with E-state index in [1.807, 2.05) is 65.0 Å². The van der Waals surface area contributed by atoms with Gasteiger partial charge in [0.15, 0.2) is 0 Å². The normalized spacial score (nSPS) is 18.1. The smallest absolute Gasteiger partial charge is 0.325 e. The van der Waals surface area contributed by atoms with Gasteiger partial charge in [0.2, 0.25) is 11.8 Å². The molecule has 0 bridgehead atoms. The average molecular weight is 592 g/mol. The van der Waals surface area contributed by atoms with E-state index in [2.05, 4.69) is 27.6 Å². The minimum absolute atomic E-state index is 0.188. The standard InChI is InChI=1S/C33H45N5O5/c1-8-12-23(9-2)30(39)36-29(20(4)5)31(40)35-21(6)32(41)38-16-11-13-28(37-38)33(42)43-22(7)24-14-15-25-19-34-27(10-3)18-26(25)17-24/h8,10,12,14-15,17-23,28-29,37H,3,9,11,13,16H2,1-2,4-7H3,(H,35,40)(H,36,39). The van der Waals surface area contributed by atoms with Crippen LogP contribution in [0.15, 0.2) is 49.2 Å². The highest BCUT2D eigenvalue weighted by molar-refractivity contribution is 5.93. The second-order valence-electron chi connectivity index (χ2n) is 11.3. The number of amides is 3. The maximum atomic E-state index is 13.3.